The van der Waals surface area contributed by atoms with Crippen molar-refractivity contribution in [3.63, 3.8) is 0 Å². The number of carbonyl (C=O) groups is 1. The standard InChI is InChI=1S/C22H22ClN3O3S/c1-14(20(27)24-16-6-3-2-4-7-16)30-22-25-19-12-15(23)9-10-18(19)21(28)26(22)13-17-8-5-11-29-17/h2-4,6-7,9-10,12,14,17H,5,8,11,13H2,1H3,(H,24,27). The van der Waals surface area contributed by atoms with Crippen molar-refractivity contribution >= 4 is 45.9 Å². The second kappa shape index (κ2) is 9.20. The Morgan fingerprint density at radius 2 is 2.13 bits per heavy atom. The summed E-state index contributed by atoms with van der Waals surface area (Å²) in [6.45, 7) is 2.92. The van der Waals surface area contributed by atoms with Crippen LogP contribution in [0.5, 0.6) is 0 Å². The van der Waals surface area contributed by atoms with Crippen LogP contribution < -0.4 is 10.9 Å². The van der Waals surface area contributed by atoms with Crippen LogP contribution in [0.25, 0.3) is 10.9 Å². The average Bonchev–Trinajstić information content (AvgIpc) is 3.24. The summed E-state index contributed by atoms with van der Waals surface area (Å²) in [5.41, 5.74) is 1.10. The van der Waals surface area contributed by atoms with Crippen molar-refractivity contribution in [3.05, 3.63) is 63.9 Å². The van der Waals surface area contributed by atoms with Crippen molar-refractivity contribution in [2.45, 2.75) is 42.8 Å². The molecule has 1 aliphatic rings. The Bertz CT molecular complexity index is 1110. The monoisotopic (exact) mass is 443 g/mol. The number of hydrogen-bond donors (Lipinski definition) is 1. The number of halogens is 1. The molecule has 0 radical (unpaired) electrons. The van der Waals surface area contributed by atoms with E-state index < -0.39 is 5.25 Å². The summed E-state index contributed by atoms with van der Waals surface area (Å²) in [6.07, 6.45) is 1.86. The third kappa shape index (κ3) is 4.69. The quantitative estimate of drug-likeness (QED) is 0.453. The third-order valence-corrected chi connectivity index (χ3v) is 6.31. The number of carbonyl (C=O) groups excluding carboxylic acids is 1. The normalized spacial score (nSPS) is 17.2. The van der Waals surface area contributed by atoms with Crippen LogP contribution in [0.3, 0.4) is 0 Å². The lowest BCUT2D eigenvalue weighted by molar-refractivity contribution is -0.115. The van der Waals surface area contributed by atoms with Gasteiger partial charge in [0.05, 0.1) is 28.8 Å². The predicted molar refractivity (Wildman–Crippen MR) is 120 cm³/mol. The van der Waals surface area contributed by atoms with Crippen molar-refractivity contribution in [2.75, 3.05) is 11.9 Å². The molecule has 156 valence electrons. The van der Waals surface area contributed by atoms with E-state index in [0.29, 0.717) is 34.2 Å². The van der Waals surface area contributed by atoms with Crippen LogP contribution in [0, 0.1) is 0 Å². The summed E-state index contributed by atoms with van der Waals surface area (Å²) in [5.74, 6) is -0.157. The van der Waals surface area contributed by atoms with Gasteiger partial charge in [0.2, 0.25) is 5.91 Å². The first-order valence-corrected chi connectivity index (χ1v) is 11.1. The van der Waals surface area contributed by atoms with Gasteiger partial charge in [-0.05, 0) is 50.1 Å². The number of nitrogens with zero attached hydrogens (tertiary/aromatic N) is 2. The van der Waals surface area contributed by atoms with Gasteiger partial charge in [-0.15, -0.1) is 0 Å². The smallest absolute Gasteiger partial charge is 0.262 e. The first kappa shape index (κ1) is 20.9. The highest BCUT2D eigenvalue weighted by Gasteiger charge is 2.23. The number of anilines is 1. The van der Waals surface area contributed by atoms with E-state index in [9.17, 15) is 9.59 Å². The molecule has 6 nitrogen and oxygen atoms in total. The lowest BCUT2D eigenvalue weighted by Crippen LogP contribution is -2.30. The Hall–Kier alpha value is -2.35. The van der Waals surface area contributed by atoms with Crippen LogP contribution in [0.2, 0.25) is 5.02 Å². The van der Waals surface area contributed by atoms with Gasteiger partial charge < -0.3 is 10.1 Å². The Balaban J connectivity index is 1.65. The molecular formula is C22H22ClN3O3S. The van der Waals surface area contributed by atoms with Crippen LogP contribution >= 0.6 is 23.4 Å². The molecule has 2 heterocycles. The fourth-order valence-corrected chi connectivity index (χ4v) is 4.48. The van der Waals surface area contributed by atoms with Crippen LogP contribution in [-0.2, 0) is 16.1 Å². The van der Waals surface area contributed by atoms with Gasteiger partial charge in [-0.1, -0.05) is 41.6 Å². The second-order valence-electron chi connectivity index (χ2n) is 7.22. The summed E-state index contributed by atoms with van der Waals surface area (Å²) >= 11 is 7.36. The number of benzene rings is 2. The summed E-state index contributed by atoms with van der Waals surface area (Å²) in [6, 6.07) is 14.3. The maximum atomic E-state index is 13.2. The van der Waals surface area contributed by atoms with Crippen molar-refractivity contribution < 1.29 is 9.53 Å². The van der Waals surface area contributed by atoms with E-state index in [0.717, 1.165) is 18.5 Å². The average molecular weight is 444 g/mol. The molecular weight excluding hydrogens is 422 g/mol. The fourth-order valence-electron chi connectivity index (χ4n) is 3.39. The highest BCUT2D eigenvalue weighted by Crippen LogP contribution is 2.26. The van der Waals surface area contributed by atoms with E-state index in [4.69, 9.17) is 16.3 Å². The highest BCUT2D eigenvalue weighted by molar-refractivity contribution is 8.00. The minimum Gasteiger partial charge on any atom is -0.376 e. The molecule has 4 rings (SSSR count). The van der Waals surface area contributed by atoms with Gasteiger partial charge in [-0.25, -0.2) is 4.98 Å². The highest BCUT2D eigenvalue weighted by atomic mass is 35.5. The van der Waals surface area contributed by atoms with Crippen LogP contribution in [-0.4, -0.2) is 33.4 Å². The lowest BCUT2D eigenvalue weighted by Gasteiger charge is -2.18. The number of rotatable bonds is 6. The first-order valence-electron chi connectivity index (χ1n) is 9.85. The number of fused-ring (bicyclic) bond motifs is 1. The van der Waals surface area contributed by atoms with Gasteiger partial charge in [0.15, 0.2) is 5.16 Å². The molecule has 3 aromatic rings. The molecule has 2 atom stereocenters. The predicted octanol–water partition coefficient (Wildman–Crippen LogP) is 4.35. The Kier molecular flexibility index (Phi) is 6.41. The molecule has 0 bridgehead atoms. The molecule has 1 N–H and O–H groups in total. The van der Waals surface area contributed by atoms with Gasteiger partial charge in [-0.2, -0.15) is 0 Å². The van der Waals surface area contributed by atoms with E-state index >= 15 is 0 Å². The minimum absolute atomic E-state index is 0.0259. The second-order valence-corrected chi connectivity index (χ2v) is 8.97. The van der Waals surface area contributed by atoms with Gasteiger partial charge in [0, 0.05) is 17.3 Å². The maximum Gasteiger partial charge on any atom is 0.262 e. The van der Waals surface area contributed by atoms with E-state index in [2.05, 4.69) is 10.3 Å². The summed E-state index contributed by atoms with van der Waals surface area (Å²) in [4.78, 5) is 30.6. The van der Waals surface area contributed by atoms with E-state index in [1.807, 2.05) is 30.3 Å². The van der Waals surface area contributed by atoms with Gasteiger partial charge in [0.25, 0.3) is 5.56 Å². The molecule has 0 saturated carbocycles. The molecule has 2 unspecified atom stereocenters. The molecule has 2 aromatic carbocycles. The molecule has 0 aliphatic carbocycles. The van der Waals surface area contributed by atoms with Crippen molar-refractivity contribution in [3.8, 4) is 0 Å². The van der Waals surface area contributed by atoms with E-state index in [-0.39, 0.29) is 17.6 Å². The summed E-state index contributed by atoms with van der Waals surface area (Å²) in [5, 5.41) is 3.94. The molecule has 0 spiro atoms. The molecule has 1 amide bonds. The minimum atomic E-state index is -0.454. The van der Waals surface area contributed by atoms with E-state index in [1.54, 1.807) is 29.7 Å². The number of aromatic nitrogens is 2. The maximum absolute atomic E-state index is 13.2. The zero-order chi connectivity index (χ0) is 21.1. The molecule has 1 saturated heterocycles. The van der Waals surface area contributed by atoms with Crippen LogP contribution in [0.4, 0.5) is 5.69 Å². The topological polar surface area (TPSA) is 73.2 Å². The molecule has 1 aromatic heterocycles. The number of ether oxygens (including phenoxy) is 1. The molecule has 8 heteroatoms. The first-order chi connectivity index (χ1) is 14.5. The largest absolute Gasteiger partial charge is 0.376 e. The molecule has 30 heavy (non-hydrogen) atoms. The van der Waals surface area contributed by atoms with Crippen molar-refractivity contribution in [1.29, 1.82) is 0 Å². The number of amides is 1. The van der Waals surface area contributed by atoms with Crippen molar-refractivity contribution in [2.24, 2.45) is 0 Å². The van der Waals surface area contributed by atoms with Gasteiger partial charge in [0.1, 0.15) is 0 Å². The van der Waals surface area contributed by atoms with Crippen LogP contribution in [0.15, 0.2) is 58.5 Å². The third-order valence-electron chi connectivity index (χ3n) is 4.99. The Morgan fingerprint density at radius 3 is 2.87 bits per heavy atom. The Morgan fingerprint density at radius 1 is 1.33 bits per heavy atom. The summed E-state index contributed by atoms with van der Waals surface area (Å²) < 4.78 is 7.36. The van der Waals surface area contributed by atoms with E-state index in [1.165, 1.54) is 11.8 Å². The Labute approximate surface area is 183 Å². The van der Waals surface area contributed by atoms with Gasteiger partial charge in [-0.3, -0.25) is 14.2 Å². The molecule has 1 fully saturated rings. The van der Waals surface area contributed by atoms with Crippen molar-refractivity contribution in [1.82, 2.24) is 9.55 Å². The van der Waals surface area contributed by atoms with Gasteiger partial charge >= 0.3 is 0 Å². The SMILES string of the molecule is CC(Sc1nc2cc(Cl)ccc2c(=O)n1CC1CCCO1)C(=O)Nc1ccccc1. The number of para-hydroxylation sites is 1. The molecule has 1 aliphatic heterocycles. The zero-order valence-corrected chi connectivity index (χ0v) is 18.1. The number of hydrogen-bond acceptors (Lipinski definition) is 5. The lowest BCUT2D eigenvalue weighted by atomic mass is 10.2. The van der Waals surface area contributed by atoms with Crippen LogP contribution in [0.1, 0.15) is 19.8 Å². The number of thioether (sulfide) groups is 1. The summed E-state index contributed by atoms with van der Waals surface area (Å²) in [7, 11) is 0. The number of nitrogens with one attached hydrogen (secondary N) is 1. The fraction of sp³-hybridized carbons (Fsp3) is 0.318. The zero-order valence-electron chi connectivity index (χ0n) is 16.5.